The number of methoxy groups -OCH3 is 3. The molecular formula is C27H34N4O7. The number of fused-ring (bicyclic) bond motifs is 5. The maximum atomic E-state index is 13.6. The zero-order valence-corrected chi connectivity index (χ0v) is 22.2. The molecule has 204 valence electrons. The molecule has 0 spiro atoms. The summed E-state index contributed by atoms with van der Waals surface area (Å²) in [5.41, 5.74) is 8.07. The summed E-state index contributed by atoms with van der Waals surface area (Å²) in [7, 11) is 5.80. The van der Waals surface area contributed by atoms with Crippen molar-refractivity contribution in [1.82, 2.24) is 15.5 Å². The van der Waals surface area contributed by atoms with Crippen LogP contribution in [0, 0.1) is 0 Å². The molecule has 2 aromatic carbocycles. The average Bonchev–Trinajstić information content (AvgIpc) is 2.91. The number of benzene rings is 2. The van der Waals surface area contributed by atoms with Gasteiger partial charge in [0, 0.05) is 37.6 Å². The molecule has 0 unspecified atom stereocenters. The van der Waals surface area contributed by atoms with E-state index in [1.807, 2.05) is 6.07 Å². The molecule has 11 heteroatoms. The number of ether oxygens (including phenoxy) is 3. The number of likely N-dealkylation sites (N-methyl/N-ethyl adjacent to an activating group) is 1. The second kappa shape index (κ2) is 12.4. The van der Waals surface area contributed by atoms with Gasteiger partial charge < -0.3 is 35.5 Å². The molecule has 0 aromatic heterocycles. The van der Waals surface area contributed by atoms with Crippen LogP contribution in [0.25, 0.3) is 11.1 Å². The molecule has 3 atom stereocenters. The molecule has 1 aliphatic heterocycles. The third-order valence-electron chi connectivity index (χ3n) is 6.47. The number of esters is 1. The monoisotopic (exact) mass is 526 g/mol. The first-order valence-electron chi connectivity index (χ1n) is 12.1. The minimum absolute atomic E-state index is 0.0377. The Morgan fingerprint density at radius 1 is 0.974 bits per heavy atom. The highest BCUT2D eigenvalue weighted by Gasteiger charge is 2.33. The Hall–Kier alpha value is -4.12. The number of hydrogen-bond donors (Lipinski definition) is 3. The second-order valence-corrected chi connectivity index (χ2v) is 8.96. The SMILES string of the molecule is COC(=O)[C@@H]1Cc2ccc(OC)c(c2)-c2cc(ccc2OC)[C@H](N(C)C(=O)CCN)C(=O)N[C@@H](C)C(=O)N1. The van der Waals surface area contributed by atoms with E-state index in [2.05, 4.69) is 10.6 Å². The van der Waals surface area contributed by atoms with E-state index in [1.54, 1.807) is 30.3 Å². The van der Waals surface area contributed by atoms with Crippen LogP contribution in [0.2, 0.25) is 0 Å². The lowest BCUT2D eigenvalue weighted by atomic mass is 9.93. The minimum Gasteiger partial charge on any atom is -0.496 e. The molecule has 0 saturated heterocycles. The zero-order valence-electron chi connectivity index (χ0n) is 22.2. The predicted octanol–water partition coefficient (Wildman–Crippen LogP) is 0.938. The van der Waals surface area contributed by atoms with Gasteiger partial charge in [-0.05, 0) is 42.3 Å². The fraction of sp³-hybridized carbons (Fsp3) is 0.407. The smallest absolute Gasteiger partial charge is 0.328 e. The largest absolute Gasteiger partial charge is 0.496 e. The van der Waals surface area contributed by atoms with Crippen molar-refractivity contribution >= 4 is 23.7 Å². The highest BCUT2D eigenvalue weighted by atomic mass is 16.5. The van der Waals surface area contributed by atoms with Gasteiger partial charge in [-0.1, -0.05) is 12.1 Å². The number of nitrogens with two attached hydrogens (primary N) is 1. The van der Waals surface area contributed by atoms with E-state index in [0.717, 1.165) is 5.56 Å². The van der Waals surface area contributed by atoms with Crippen molar-refractivity contribution in [3.8, 4) is 22.6 Å². The molecule has 2 aromatic rings. The predicted molar refractivity (Wildman–Crippen MR) is 139 cm³/mol. The van der Waals surface area contributed by atoms with E-state index in [1.165, 1.54) is 40.2 Å². The standard InChI is InChI=1S/C27H34N4O7/c1-15-25(33)30-20(27(35)38-5)13-16-6-8-21(36-3)18(12-16)19-14-17(7-9-22(19)37-4)24(26(34)29-15)31(2)23(32)10-11-28/h6-9,12,14-15,20,24H,10-11,13,28H2,1-5H3,(H,29,34)(H,30,33)/t15-,20-,24-/m0/s1. The summed E-state index contributed by atoms with van der Waals surface area (Å²) in [5.74, 6) is -1.09. The topological polar surface area (TPSA) is 149 Å². The van der Waals surface area contributed by atoms with E-state index in [9.17, 15) is 19.2 Å². The first-order valence-corrected chi connectivity index (χ1v) is 12.1. The van der Waals surface area contributed by atoms with Crippen molar-refractivity contribution in [2.24, 2.45) is 5.73 Å². The summed E-state index contributed by atoms with van der Waals surface area (Å²) < 4.78 is 16.1. The van der Waals surface area contributed by atoms with Crippen LogP contribution in [0.1, 0.15) is 30.5 Å². The lowest BCUT2D eigenvalue weighted by Gasteiger charge is -2.30. The van der Waals surface area contributed by atoms with Crippen LogP contribution in [-0.2, 0) is 30.3 Å². The molecule has 0 saturated carbocycles. The Balaban J connectivity index is 2.28. The fourth-order valence-electron chi connectivity index (χ4n) is 4.42. The number of carbonyl (C=O) groups excluding carboxylic acids is 4. The van der Waals surface area contributed by atoms with E-state index in [4.69, 9.17) is 19.9 Å². The zero-order chi connectivity index (χ0) is 28.0. The van der Waals surface area contributed by atoms with Gasteiger partial charge in [0.1, 0.15) is 29.6 Å². The highest BCUT2D eigenvalue weighted by molar-refractivity contribution is 5.94. The molecule has 1 heterocycles. The van der Waals surface area contributed by atoms with Gasteiger partial charge in [-0.15, -0.1) is 0 Å². The molecule has 38 heavy (non-hydrogen) atoms. The quantitative estimate of drug-likeness (QED) is 0.471. The van der Waals surface area contributed by atoms with Crippen molar-refractivity contribution in [3.05, 3.63) is 47.5 Å². The van der Waals surface area contributed by atoms with Gasteiger partial charge in [0.15, 0.2) is 0 Å². The Morgan fingerprint density at radius 3 is 2.21 bits per heavy atom. The average molecular weight is 527 g/mol. The van der Waals surface area contributed by atoms with Gasteiger partial charge in [0.25, 0.3) is 0 Å². The third-order valence-corrected chi connectivity index (χ3v) is 6.47. The summed E-state index contributed by atoms with van der Waals surface area (Å²) in [6.07, 6.45) is 0.174. The summed E-state index contributed by atoms with van der Waals surface area (Å²) in [4.78, 5) is 53.2. The van der Waals surface area contributed by atoms with Crippen molar-refractivity contribution in [2.45, 2.75) is 37.9 Å². The van der Waals surface area contributed by atoms with Crippen molar-refractivity contribution in [2.75, 3.05) is 34.9 Å². The first-order chi connectivity index (χ1) is 18.1. The molecule has 4 bridgehead atoms. The fourth-order valence-corrected chi connectivity index (χ4v) is 4.42. The maximum Gasteiger partial charge on any atom is 0.328 e. The number of nitrogens with zero attached hydrogens (tertiary/aromatic N) is 1. The van der Waals surface area contributed by atoms with Crippen LogP contribution >= 0.6 is 0 Å². The van der Waals surface area contributed by atoms with Crippen molar-refractivity contribution < 1.29 is 33.4 Å². The molecular weight excluding hydrogens is 492 g/mol. The Labute approximate surface area is 221 Å². The van der Waals surface area contributed by atoms with E-state index >= 15 is 0 Å². The lowest BCUT2D eigenvalue weighted by molar-refractivity contribution is -0.145. The molecule has 0 aliphatic carbocycles. The molecule has 3 rings (SSSR count). The van der Waals surface area contributed by atoms with Gasteiger partial charge in [0.05, 0.1) is 21.3 Å². The molecule has 11 nitrogen and oxygen atoms in total. The van der Waals surface area contributed by atoms with E-state index in [-0.39, 0.29) is 25.3 Å². The van der Waals surface area contributed by atoms with Crippen LogP contribution in [0.3, 0.4) is 0 Å². The van der Waals surface area contributed by atoms with Gasteiger partial charge in [0.2, 0.25) is 17.7 Å². The van der Waals surface area contributed by atoms with Gasteiger partial charge >= 0.3 is 5.97 Å². The lowest BCUT2D eigenvalue weighted by Crippen LogP contribution is -2.53. The molecule has 3 amide bonds. The number of amides is 3. The number of nitrogens with one attached hydrogen (secondary N) is 2. The minimum atomic E-state index is -1.08. The maximum absolute atomic E-state index is 13.6. The molecule has 0 fully saturated rings. The van der Waals surface area contributed by atoms with Crippen LogP contribution in [0.4, 0.5) is 0 Å². The number of rotatable bonds is 6. The highest BCUT2D eigenvalue weighted by Crippen LogP contribution is 2.39. The summed E-state index contributed by atoms with van der Waals surface area (Å²) >= 11 is 0. The van der Waals surface area contributed by atoms with Gasteiger partial charge in [-0.2, -0.15) is 0 Å². The van der Waals surface area contributed by atoms with Crippen LogP contribution in [0.5, 0.6) is 11.5 Å². The summed E-state index contributed by atoms with van der Waals surface area (Å²) in [5, 5.41) is 5.34. The second-order valence-electron chi connectivity index (χ2n) is 8.96. The number of hydrogen-bond acceptors (Lipinski definition) is 8. The van der Waals surface area contributed by atoms with E-state index in [0.29, 0.717) is 28.2 Å². The van der Waals surface area contributed by atoms with Crippen LogP contribution in [-0.4, -0.2) is 75.6 Å². The first kappa shape index (κ1) is 28.5. The van der Waals surface area contributed by atoms with E-state index < -0.39 is 35.9 Å². The Kier molecular flexibility index (Phi) is 9.30. The van der Waals surface area contributed by atoms with Crippen molar-refractivity contribution in [3.63, 3.8) is 0 Å². The Bertz CT molecular complexity index is 1220. The summed E-state index contributed by atoms with van der Waals surface area (Å²) in [6.45, 7) is 1.61. The van der Waals surface area contributed by atoms with Crippen molar-refractivity contribution in [1.29, 1.82) is 0 Å². The Morgan fingerprint density at radius 2 is 1.61 bits per heavy atom. The van der Waals surface area contributed by atoms with Crippen LogP contribution < -0.4 is 25.8 Å². The van der Waals surface area contributed by atoms with Gasteiger partial charge in [-0.25, -0.2) is 4.79 Å². The summed E-state index contributed by atoms with van der Waals surface area (Å²) in [6, 6.07) is 7.43. The normalized spacial score (nSPS) is 19.4. The van der Waals surface area contributed by atoms with Gasteiger partial charge in [-0.3, -0.25) is 14.4 Å². The third kappa shape index (κ3) is 6.05. The molecule has 4 N–H and O–H groups in total. The molecule has 0 radical (unpaired) electrons. The number of carbonyl (C=O) groups is 4. The molecule has 1 aliphatic rings. The van der Waals surface area contributed by atoms with Crippen LogP contribution in [0.15, 0.2) is 36.4 Å².